The Labute approximate surface area is 154 Å². The maximum absolute atomic E-state index is 12.4. The summed E-state index contributed by atoms with van der Waals surface area (Å²) in [6, 6.07) is 11.4. The summed E-state index contributed by atoms with van der Waals surface area (Å²) >= 11 is 0. The number of para-hydroxylation sites is 1. The molecule has 0 bridgehead atoms. The first-order valence-electron chi connectivity index (χ1n) is 9.29. The zero-order valence-corrected chi connectivity index (χ0v) is 15.4. The molecule has 2 aromatic rings. The molecular formula is C20H27N3O3. The van der Waals surface area contributed by atoms with E-state index in [1.807, 2.05) is 36.4 Å². The van der Waals surface area contributed by atoms with Crippen LogP contribution in [0.15, 0.2) is 36.4 Å². The summed E-state index contributed by atoms with van der Waals surface area (Å²) in [6.07, 6.45) is 2.65. The van der Waals surface area contributed by atoms with Crippen molar-refractivity contribution in [2.75, 3.05) is 6.54 Å². The molecule has 3 atom stereocenters. The lowest BCUT2D eigenvalue weighted by molar-refractivity contribution is 0.0348. The van der Waals surface area contributed by atoms with Crippen LogP contribution in [0.25, 0.3) is 0 Å². The number of nitrogens with zero attached hydrogens (tertiary/aromatic N) is 2. The number of aromatic nitrogens is 2. The molecule has 0 unspecified atom stereocenters. The van der Waals surface area contributed by atoms with Gasteiger partial charge in [-0.3, -0.25) is 9.48 Å². The number of aliphatic hydroxyl groups is 1. The van der Waals surface area contributed by atoms with Crippen LogP contribution < -0.4 is 10.1 Å². The van der Waals surface area contributed by atoms with Crippen molar-refractivity contribution in [2.24, 2.45) is 13.0 Å². The summed E-state index contributed by atoms with van der Waals surface area (Å²) in [5.74, 6) is 0.609. The fraction of sp³-hybridized carbons (Fsp3) is 0.500. The number of carbonyl (C=O) groups is 1. The van der Waals surface area contributed by atoms with Crippen molar-refractivity contribution in [3.8, 4) is 5.75 Å². The fourth-order valence-corrected chi connectivity index (χ4v) is 3.48. The highest BCUT2D eigenvalue weighted by Crippen LogP contribution is 2.29. The lowest BCUT2D eigenvalue weighted by Crippen LogP contribution is -2.37. The molecule has 2 N–H and O–H groups in total. The van der Waals surface area contributed by atoms with Crippen molar-refractivity contribution in [3.63, 3.8) is 0 Å². The van der Waals surface area contributed by atoms with Crippen LogP contribution in [0.2, 0.25) is 0 Å². The summed E-state index contributed by atoms with van der Waals surface area (Å²) in [6.45, 7) is 2.52. The van der Waals surface area contributed by atoms with E-state index >= 15 is 0 Å². The van der Waals surface area contributed by atoms with Gasteiger partial charge in [-0.15, -0.1) is 0 Å². The van der Waals surface area contributed by atoms with Gasteiger partial charge in [0.15, 0.2) is 0 Å². The van der Waals surface area contributed by atoms with Crippen LogP contribution in [-0.2, 0) is 13.5 Å². The van der Waals surface area contributed by atoms with Crippen LogP contribution >= 0.6 is 0 Å². The Morgan fingerprint density at radius 2 is 2.12 bits per heavy atom. The van der Waals surface area contributed by atoms with Gasteiger partial charge in [0.2, 0.25) is 0 Å². The second-order valence-corrected chi connectivity index (χ2v) is 6.90. The third-order valence-electron chi connectivity index (χ3n) is 4.91. The quantitative estimate of drug-likeness (QED) is 0.797. The Hall–Kier alpha value is -2.34. The highest BCUT2D eigenvalue weighted by molar-refractivity contribution is 5.92. The van der Waals surface area contributed by atoms with Gasteiger partial charge in [0, 0.05) is 19.5 Å². The van der Waals surface area contributed by atoms with Gasteiger partial charge < -0.3 is 15.2 Å². The van der Waals surface area contributed by atoms with E-state index in [1.54, 1.807) is 11.7 Å². The number of hydrogen-bond donors (Lipinski definition) is 2. The zero-order valence-electron chi connectivity index (χ0n) is 15.4. The van der Waals surface area contributed by atoms with Gasteiger partial charge in [-0.1, -0.05) is 31.5 Å². The number of aliphatic hydroxyl groups excluding tert-OH is 1. The summed E-state index contributed by atoms with van der Waals surface area (Å²) in [4.78, 5) is 12.4. The molecule has 1 heterocycles. The predicted octanol–water partition coefficient (Wildman–Crippen LogP) is 2.32. The highest BCUT2D eigenvalue weighted by atomic mass is 16.5. The predicted molar refractivity (Wildman–Crippen MR) is 99.1 cm³/mol. The van der Waals surface area contributed by atoms with E-state index in [-0.39, 0.29) is 17.9 Å². The number of amides is 1. The van der Waals surface area contributed by atoms with Crippen molar-refractivity contribution in [1.82, 2.24) is 15.1 Å². The first-order valence-corrected chi connectivity index (χ1v) is 9.29. The molecular weight excluding hydrogens is 330 g/mol. The average Bonchev–Trinajstić information content (AvgIpc) is 3.17. The molecule has 0 aliphatic heterocycles. The molecule has 1 amide bonds. The SMILES string of the molecule is CCCc1cc(C(=O)NC[C@H]2CC[C@@H](Oc3ccccc3)[C@@H]2O)n(C)n1. The van der Waals surface area contributed by atoms with E-state index in [1.165, 1.54) is 0 Å². The van der Waals surface area contributed by atoms with Crippen LogP contribution in [0, 0.1) is 5.92 Å². The third-order valence-corrected chi connectivity index (χ3v) is 4.91. The lowest BCUT2D eigenvalue weighted by Gasteiger charge is -2.21. The third kappa shape index (κ3) is 4.25. The molecule has 0 radical (unpaired) electrons. The van der Waals surface area contributed by atoms with E-state index in [0.29, 0.717) is 12.2 Å². The number of hydrogen-bond acceptors (Lipinski definition) is 4. The summed E-state index contributed by atoms with van der Waals surface area (Å²) in [7, 11) is 1.78. The molecule has 0 saturated heterocycles. The minimum Gasteiger partial charge on any atom is -0.488 e. The molecule has 1 aromatic carbocycles. The summed E-state index contributed by atoms with van der Waals surface area (Å²) < 4.78 is 7.50. The van der Waals surface area contributed by atoms with Crippen molar-refractivity contribution >= 4 is 5.91 Å². The molecule has 1 saturated carbocycles. The maximum atomic E-state index is 12.4. The average molecular weight is 357 g/mol. The zero-order chi connectivity index (χ0) is 18.5. The maximum Gasteiger partial charge on any atom is 0.269 e. The van der Waals surface area contributed by atoms with Gasteiger partial charge in [0.25, 0.3) is 5.91 Å². The number of rotatable bonds is 7. The standard InChI is InChI=1S/C20H27N3O3/c1-3-7-15-12-17(23(2)22-15)20(25)21-13-14-10-11-18(19(14)24)26-16-8-5-4-6-9-16/h4-6,8-9,12,14,18-19,24H,3,7,10-11,13H2,1-2H3,(H,21,25)/t14-,18-,19-/m1/s1. The Kier molecular flexibility index (Phi) is 5.93. The molecule has 1 aliphatic carbocycles. The molecule has 140 valence electrons. The van der Waals surface area contributed by atoms with Crippen molar-refractivity contribution in [3.05, 3.63) is 47.8 Å². The van der Waals surface area contributed by atoms with Crippen LogP contribution in [0.1, 0.15) is 42.4 Å². The Balaban J connectivity index is 1.52. The van der Waals surface area contributed by atoms with Gasteiger partial charge in [-0.25, -0.2) is 0 Å². The van der Waals surface area contributed by atoms with Crippen molar-refractivity contribution in [1.29, 1.82) is 0 Å². The Morgan fingerprint density at radius 1 is 1.35 bits per heavy atom. The molecule has 3 rings (SSSR count). The Bertz CT molecular complexity index is 729. The van der Waals surface area contributed by atoms with Gasteiger partial charge in [0.05, 0.1) is 11.8 Å². The minimum absolute atomic E-state index is 0.00370. The molecule has 1 fully saturated rings. The topological polar surface area (TPSA) is 76.4 Å². The van der Waals surface area contributed by atoms with Gasteiger partial charge >= 0.3 is 0 Å². The number of benzene rings is 1. The first kappa shape index (κ1) is 18.5. The second-order valence-electron chi connectivity index (χ2n) is 6.90. The molecule has 6 heteroatoms. The fourth-order valence-electron chi connectivity index (χ4n) is 3.48. The van der Waals surface area contributed by atoms with Crippen LogP contribution in [0.3, 0.4) is 0 Å². The molecule has 0 spiro atoms. The van der Waals surface area contributed by atoms with Crippen molar-refractivity contribution < 1.29 is 14.6 Å². The van der Waals surface area contributed by atoms with E-state index in [4.69, 9.17) is 4.74 Å². The lowest BCUT2D eigenvalue weighted by atomic mass is 10.1. The summed E-state index contributed by atoms with van der Waals surface area (Å²) in [5, 5.41) is 17.8. The number of carbonyl (C=O) groups excluding carboxylic acids is 1. The van der Waals surface area contributed by atoms with Gasteiger partial charge in [0.1, 0.15) is 17.5 Å². The summed E-state index contributed by atoms with van der Waals surface area (Å²) in [5.41, 5.74) is 1.48. The number of ether oxygens (including phenoxy) is 1. The van der Waals surface area contributed by atoms with E-state index < -0.39 is 6.10 Å². The van der Waals surface area contributed by atoms with Crippen molar-refractivity contribution in [2.45, 2.75) is 44.8 Å². The van der Waals surface area contributed by atoms with E-state index in [2.05, 4.69) is 17.3 Å². The Morgan fingerprint density at radius 3 is 2.85 bits per heavy atom. The normalized spacial score (nSPS) is 22.3. The highest BCUT2D eigenvalue weighted by Gasteiger charge is 2.36. The molecule has 1 aliphatic rings. The number of nitrogens with one attached hydrogen (secondary N) is 1. The van der Waals surface area contributed by atoms with Crippen LogP contribution in [-0.4, -0.2) is 39.5 Å². The van der Waals surface area contributed by atoms with Crippen LogP contribution in [0.5, 0.6) is 5.75 Å². The van der Waals surface area contributed by atoms with E-state index in [0.717, 1.165) is 37.1 Å². The smallest absolute Gasteiger partial charge is 0.269 e. The largest absolute Gasteiger partial charge is 0.488 e. The molecule has 6 nitrogen and oxygen atoms in total. The molecule has 1 aromatic heterocycles. The van der Waals surface area contributed by atoms with Gasteiger partial charge in [-0.2, -0.15) is 5.10 Å². The van der Waals surface area contributed by atoms with E-state index in [9.17, 15) is 9.90 Å². The minimum atomic E-state index is -0.585. The molecule has 26 heavy (non-hydrogen) atoms. The number of aryl methyl sites for hydroxylation is 2. The monoisotopic (exact) mass is 357 g/mol. The van der Waals surface area contributed by atoms with Crippen LogP contribution in [0.4, 0.5) is 0 Å². The second kappa shape index (κ2) is 8.36. The first-order chi connectivity index (χ1) is 12.6. The van der Waals surface area contributed by atoms with Gasteiger partial charge in [-0.05, 0) is 37.5 Å².